The van der Waals surface area contributed by atoms with Crippen molar-refractivity contribution in [3.05, 3.63) is 67.3 Å². The number of carboxylic acids is 1. The number of aromatic hydroxyl groups is 2. The smallest absolute Gasteiger partial charge is 0.352 e. The quantitative estimate of drug-likeness (QED) is 0.106. The maximum absolute atomic E-state index is 13.4. The Labute approximate surface area is 273 Å². The molecule has 2 amide bonds. The van der Waals surface area contributed by atoms with Gasteiger partial charge in [0.15, 0.2) is 22.3 Å². The minimum absolute atomic E-state index is 0.0744. The number of carbonyl (C=O) groups is 3. The molecule has 1 saturated heterocycles. The first-order chi connectivity index (χ1) is 21.0. The number of phenolic OH excluding ortho intramolecular Hbond substituents is 2. The topological polar surface area (TPSA) is 191 Å². The van der Waals surface area contributed by atoms with Crippen LogP contribution in [0.25, 0.3) is 0 Å². The van der Waals surface area contributed by atoms with Crippen molar-refractivity contribution in [3.8, 4) is 11.5 Å². The molecular formula is C26H24Cl2N6O7S3. The van der Waals surface area contributed by atoms with E-state index in [1.165, 1.54) is 39.9 Å². The number of carboxylic acid groups (broad SMARTS) is 1. The lowest BCUT2D eigenvalue weighted by Crippen LogP contribution is -2.71. The van der Waals surface area contributed by atoms with Crippen LogP contribution in [-0.2, 0) is 25.8 Å². The average Bonchev–Trinajstić information content (AvgIpc) is 3.43. The lowest BCUT2D eigenvalue weighted by molar-refractivity contribution is -0.150. The number of hydrogen-bond donors (Lipinski definition) is 5. The number of carbonyl (C=O) groups excluding carboxylic acids is 2. The molecule has 0 bridgehead atoms. The summed E-state index contributed by atoms with van der Waals surface area (Å²) in [4.78, 5) is 52.5. The normalized spacial score (nSPS) is 19.8. The molecule has 5 rings (SSSR count). The molecule has 2 aromatic rings. The molecule has 1 aromatic heterocycles. The van der Waals surface area contributed by atoms with Crippen molar-refractivity contribution in [2.75, 3.05) is 30.8 Å². The number of hydrogen-bond acceptors (Lipinski definition) is 13. The fourth-order valence-corrected chi connectivity index (χ4v) is 7.74. The first-order valence-electron chi connectivity index (χ1n) is 12.7. The van der Waals surface area contributed by atoms with Crippen molar-refractivity contribution in [1.82, 2.24) is 20.1 Å². The number of halogens is 2. The molecule has 4 heterocycles. The van der Waals surface area contributed by atoms with Crippen molar-refractivity contribution in [3.63, 3.8) is 0 Å². The Morgan fingerprint density at radius 2 is 2.09 bits per heavy atom. The number of aromatic nitrogens is 1. The highest BCUT2D eigenvalue weighted by molar-refractivity contribution is 8.03. The number of nitrogens with zero attached hydrogens (tertiary/aromatic N) is 4. The number of aliphatic carboxylic acids is 1. The Hall–Kier alpha value is -3.57. The van der Waals surface area contributed by atoms with Gasteiger partial charge in [-0.25, -0.2) is 9.78 Å². The number of thiazole rings is 1. The number of β-lactam (4-membered cyclic amide) rings is 1. The Balaban J connectivity index is 1.30. The highest BCUT2D eigenvalue weighted by Crippen LogP contribution is 2.43. The van der Waals surface area contributed by atoms with Crippen LogP contribution in [0.3, 0.4) is 0 Å². The summed E-state index contributed by atoms with van der Waals surface area (Å²) in [5.74, 6) is -3.08. The van der Waals surface area contributed by atoms with Crippen molar-refractivity contribution in [1.29, 1.82) is 0 Å². The monoisotopic (exact) mass is 698 g/mol. The zero-order chi connectivity index (χ0) is 31.7. The van der Waals surface area contributed by atoms with Crippen LogP contribution in [0.5, 0.6) is 11.5 Å². The van der Waals surface area contributed by atoms with E-state index in [1.807, 2.05) is 30.3 Å². The van der Waals surface area contributed by atoms with Gasteiger partial charge in [-0.3, -0.25) is 14.5 Å². The van der Waals surface area contributed by atoms with Gasteiger partial charge in [-0.15, -0.1) is 34.9 Å². The Kier molecular flexibility index (Phi) is 9.55. The van der Waals surface area contributed by atoms with Crippen LogP contribution >= 0.6 is 58.1 Å². The number of phenols is 2. The number of likely N-dealkylation sites (N-methyl/N-ethyl adjacent to an activating group) is 1. The van der Waals surface area contributed by atoms with Gasteiger partial charge >= 0.3 is 5.97 Å². The molecular weight excluding hydrogens is 675 g/mol. The molecule has 18 heteroatoms. The molecule has 0 aliphatic carbocycles. The molecule has 3 aliphatic heterocycles. The number of anilines is 1. The van der Waals surface area contributed by atoms with Gasteiger partial charge in [0.25, 0.3) is 11.8 Å². The summed E-state index contributed by atoms with van der Waals surface area (Å²) in [5, 5.41) is 36.8. The maximum atomic E-state index is 13.4. The lowest BCUT2D eigenvalue weighted by Gasteiger charge is -2.49. The molecule has 1 unspecified atom stereocenters. The van der Waals surface area contributed by atoms with Gasteiger partial charge in [-0.2, -0.15) is 0 Å². The second-order valence-corrected chi connectivity index (χ2v) is 13.4. The van der Waals surface area contributed by atoms with E-state index in [-0.39, 0.29) is 44.4 Å². The molecule has 44 heavy (non-hydrogen) atoms. The summed E-state index contributed by atoms with van der Waals surface area (Å²) in [6.07, 6.45) is 5.94. The van der Waals surface area contributed by atoms with Gasteiger partial charge in [-0.05, 0) is 17.7 Å². The van der Waals surface area contributed by atoms with Crippen LogP contribution in [-0.4, -0.2) is 90.1 Å². The molecule has 0 radical (unpaired) electrons. The summed E-state index contributed by atoms with van der Waals surface area (Å²) in [6.45, 7) is 0.396. The first-order valence-corrected chi connectivity index (χ1v) is 16.4. The van der Waals surface area contributed by atoms with Crippen molar-refractivity contribution in [2.45, 2.75) is 18.0 Å². The molecule has 6 N–H and O–H groups in total. The minimum Gasteiger partial charge on any atom is -0.503 e. The summed E-state index contributed by atoms with van der Waals surface area (Å²) in [7, 11) is 1.95. The number of nitrogens with two attached hydrogens (primary N) is 1. The molecule has 3 aliphatic rings. The third kappa shape index (κ3) is 6.44. The van der Waals surface area contributed by atoms with Gasteiger partial charge in [0.05, 0.1) is 10.0 Å². The number of allylic oxidation sites excluding steroid dienone is 1. The fourth-order valence-electron chi connectivity index (χ4n) is 4.37. The van der Waals surface area contributed by atoms with Crippen LogP contribution in [0.4, 0.5) is 5.13 Å². The Bertz CT molecular complexity index is 1660. The molecule has 13 nitrogen and oxygen atoms in total. The van der Waals surface area contributed by atoms with E-state index < -0.39 is 40.7 Å². The molecule has 1 aromatic carbocycles. The lowest BCUT2D eigenvalue weighted by atomic mass is 10.0. The van der Waals surface area contributed by atoms with Crippen LogP contribution in [0.15, 0.2) is 51.1 Å². The number of benzene rings is 1. The van der Waals surface area contributed by atoms with E-state index in [0.29, 0.717) is 17.1 Å². The molecule has 232 valence electrons. The van der Waals surface area contributed by atoms with Crippen molar-refractivity contribution < 1.29 is 34.5 Å². The standard InChI is InChI=1S/C26H24Cl2N6O7S3/c1-33-4-2-13(3-5-33)42-8-12-9-43-24-18(23(38)34(24)19(12)25(39)40)31-22(37)17(15-10-44-26(29)30-15)32-41-7-11-6-14(27)20(35)21(36)16(11)28/h2-4,6,10,18,24,35-36H,5,7-9H2,1H3,(H2,29,30)(H,31,37)(H,39,40)/b32-17-/t18?,24-/m0/s1. The van der Waals surface area contributed by atoms with Gasteiger partial charge in [0.1, 0.15) is 29.4 Å². The van der Waals surface area contributed by atoms with E-state index >= 15 is 0 Å². The fraction of sp³-hybridized carbons (Fsp3) is 0.269. The largest absolute Gasteiger partial charge is 0.503 e. The van der Waals surface area contributed by atoms with Crippen LogP contribution < -0.4 is 11.1 Å². The highest BCUT2D eigenvalue weighted by atomic mass is 35.5. The summed E-state index contributed by atoms with van der Waals surface area (Å²) in [6, 6.07) is 0.234. The second-order valence-electron chi connectivity index (χ2n) is 9.58. The maximum Gasteiger partial charge on any atom is 0.352 e. The highest BCUT2D eigenvalue weighted by Gasteiger charge is 2.54. The third-order valence-electron chi connectivity index (χ3n) is 6.62. The SMILES string of the molecule is CN1C=CC(SCC2=C(C(=O)O)N3C(=O)C(NC(=O)/C(=N\OCc4cc(Cl)c(O)c(O)c4Cl)c4csc(N)n4)[C@@H]3SC2)=CC1. The Morgan fingerprint density at radius 3 is 2.75 bits per heavy atom. The van der Waals surface area contributed by atoms with Crippen LogP contribution in [0, 0.1) is 0 Å². The molecule has 1 fully saturated rings. The average molecular weight is 700 g/mol. The van der Waals surface area contributed by atoms with E-state index in [9.17, 15) is 29.7 Å². The second kappa shape index (κ2) is 13.2. The number of oxime groups is 1. The number of rotatable bonds is 10. The number of amides is 2. The van der Waals surface area contributed by atoms with Gasteiger partial charge in [-0.1, -0.05) is 34.4 Å². The molecule has 0 saturated carbocycles. The molecule has 2 atom stereocenters. The van der Waals surface area contributed by atoms with Crippen LogP contribution in [0.2, 0.25) is 10.0 Å². The first kappa shape index (κ1) is 31.8. The summed E-state index contributed by atoms with van der Waals surface area (Å²) >= 11 is 15.8. The van der Waals surface area contributed by atoms with Gasteiger partial charge in [0, 0.05) is 47.1 Å². The minimum atomic E-state index is -1.22. The van der Waals surface area contributed by atoms with Gasteiger partial charge < -0.3 is 36.1 Å². The van der Waals surface area contributed by atoms with Crippen LogP contribution in [0.1, 0.15) is 11.3 Å². The summed E-state index contributed by atoms with van der Waals surface area (Å²) in [5.41, 5.74) is 6.22. The third-order valence-corrected chi connectivity index (χ3v) is 10.5. The van der Waals surface area contributed by atoms with Gasteiger partial charge in [0.2, 0.25) is 0 Å². The number of thioether (sulfide) groups is 2. The van der Waals surface area contributed by atoms with E-state index in [2.05, 4.69) is 15.5 Å². The van der Waals surface area contributed by atoms with Crippen molar-refractivity contribution in [2.24, 2.45) is 5.16 Å². The van der Waals surface area contributed by atoms with E-state index in [4.69, 9.17) is 33.8 Å². The summed E-state index contributed by atoms with van der Waals surface area (Å²) < 4.78 is 0. The number of nitrogens with one attached hydrogen (secondary N) is 1. The number of nitrogen functional groups attached to an aromatic ring is 1. The van der Waals surface area contributed by atoms with Crippen molar-refractivity contribution >= 4 is 86.7 Å². The molecule has 0 spiro atoms. The van der Waals surface area contributed by atoms with E-state index in [0.717, 1.165) is 22.8 Å². The number of fused-ring (bicyclic) bond motifs is 1. The predicted octanol–water partition coefficient (Wildman–Crippen LogP) is 3.18. The zero-order valence-electron chi connectivity index (χ0n) is 22.7. The zero-order valence-corrected chi connectivity index (χ0v) is 26.7. The Morgan fingerprint density at radius 1 is 1.32 bits per heavy atom. The van der Waals surface area contributed by atoms with E-state index in [1.54, 1.807) is 0 Å². The predicted molar refractivity (Wildman–Crippen MR) is 170 cm³/mol.